The van der Waals surface area contributed by atoms with Gasteiger partial charge in [-0.1, -0.05) is 103 Å². The fraction of sp³-hybridized carbons (Fsp3) is 0.600. The first kappa shape index (κ1) is 41.5. The zero-order chi connectivity index (χ0) is 31.8. The van der Waals surface area contributed by atoms with E-state index in [2.05, 4.69) is 27.7 Å². The monoisotopic (exact) mass is 653 g/mol. The molecule has 0 saturated carbocycles. The summed E-state index contributed by atoms with van der Waals surface area (Å²) in [5.74, 6) is -0.715. The molecule has 0 amide bonds. The molecule has 2 rings (SSSR count). The standard InChI is InChI=1S/C20H38O7S.C10H8O3S.Na/c1-16(2)11-7-5-9-13-26-19(21)15-18(28(23,24)25)20(22)27-14-10-6-8-12-17(3)4;11-14(12,13)10-7-3-5-8-4-1-2-6-9(8)10;/h16-18H,5-15H2,1-4H3,(H,23,24,25);1-7H,(H,11,12,13);. The van der Waals surface area contributed by atoms with Gasteiger partial charge in [0.1, 0.15) is 4.90 Å². The second-order valence-electron chi connectivity index (χ2n) is 11.0. The molecular weight excluding hydrogens is 607 g/mol. The number of benzene rings is 2. The fourth-order valence-corrected chi connectivity index (χ4v) is 5.43. The zero-order valence-corrected chi connectivity index (χ0v) is 29.7. The molecule has 1 unspecified atom stereocenters. The smallest absolute Gasteiger partial charge is 0.327 e. The Bertz CT molecular complexity index is 1320. The van der Waals surface area contributed by atoms with Gasteiger partial charge in [0.2, 0.25) is 0 Å². The first-order valence-corrected chi connectivity index (χ1v) is 17.3. The zero-order valence-electron chi connectivity index (χ0n) is 26.0. The number of hydrogen-bond acceptors (Lipinski definition) is 8. The molecule has 1 radical (unpaired) electrons. The van der Waals surface area contributed by atoms with E-state index < -0.39 is 43.8 Å². The summed E-state index contributed by atoms with van der Waals surface area (Å²) in [4.78, 5) is 23.7. The largest absolute Gasteiger partial charge is 0.466 e. The van der Waals surface area contributed by atoms with Gasteiger partial charge in [-0.15, -0.1) is 0 Å². The third-order valence-electron chi connectivity index (χ3n) is 6.36. The molecule has 2 aromatic rings. The van der Waals surface area contributed by atoms with Crippen LogP contribution in [0, 0.1) is 11.8 Å². The van der Waals surface area contributed by atoms with Crippen LogP contribution in [0.15, 0.2) is 47.4 Å². The summed E-state index contributed by atoms with van der Waals surface area (Å²) in [6, 6.07) is 11.8. The van der Waals surface area contributed by atoms with Crippen LogP contribution in [0.2, 0.25) is 0 Å². The summed E-state index contributed by atoms with van der Waals surface area (Å²) in [5, 5.41) is -0.600. The van der Waals surface area contributed by atoms with Gasteiger partial charge < -0.3 is 9.47 Å². The van der Waals surface area contributed by atoms with E-state index >= 15 is 0 Å². The van der Waals surface area contributed by atoms with E-state index in [1.54, 1.807) is 30.3 Å². The van der Waals surface area contributed by atoms with Gasteiger partial charge in [0, 0.05) is 34.9 Å². The van der Waals surface area contributed by atoms with Gasteiger partial charge in [0.25, 0.3) is 20.2 Å². The number of fused-ring (bicyclic) bond motifs is 1. The predicted molar refractivity (Wildman–Crippen MR) is 168 cm³/mol. The first-order valence-electron chi connectivity index (χ1n) is 14.4. The van der Waals surface area contributed by atoms with Crippen molar-refractivity contribution < 1.29 is 45.0 Å². The minimum absolute atomic E-state index is 0. The summed E-state index contributed by atoms with van der Waals surface area (Å²) < 4.78 is 73.0. The first-order chi connectivity index (χ1) is 19.6. The average molecular weight is 654 g/mol. The summed E-state index contributed by atoms with van der Waals surface area (Å²) >= 11 is 0. The van der Waals surface area contributed by atoms with Gasteiger partial charge in [-0.2, -0.15) is 16.8 Å². The second kappa shape index (κ2) is 21.2. The summed E-state index contributed by atoms with van der Waals surface area (Å²) in [6.45, 7) is 8.76. The van der Waals surface area contributed by atoms with E-state index in [0.717, 1.165) is 43.9 Å². The van der Waals surface area contributed by atoms with E-state index in [4.69, 9.17) is 14.0 Å². The molecule has 1 atom stereocenters. The van der Waals surface area contributed by atoms with Crippen LogP contribution in [-0.4, -0.2) is 85.9 Å². The van der Waals surface area contributed by atoms with E-state index in [0.29, 0.717) is 30.1 Å². The maximum Gasteiger partial charge on any atom is 0.327 e. The molecule has 43 heavy (non-hydrogen) atoms. The van der Waals surface area contributed by atoms with E-state index in [1.807, 2.05) is 6.07 Å². The second-order valence-corrected chi connectivity index (χ2v) is 14.0. The Hall–Kier alpha value is -1.54. The van der Waals surface area contributed by atoms with Gasteiger partial charge in [0.05, 0.1) is 19.6 Å². The summed E-state index contributed by atoms with van der Waals surface area (Å²) in [6.07, 6.45) is 6.52. The van der Waals surface area contributed by atoms with Crippen molar-refractivity contribution in [3.8, 4) is 0 Å². The maximum atomic E-state index is 12.0. The molecule has 2 aromatic carbocycles. The number of rotatable bonds is 17. The van der Waals surface area contributed by atoms with Crippen LogP contribution in [0.25, 0.3) is 10.8 Å². The van der Waals surface area contributed by atoms with Crippen LogP contribution < -0.4 is 0 Å². The maximum absolute atomic E-state index is 12.0. The van der Waals surface area contributed by atoms with Crippen molar-refractivity contribution in [1.82, 2.24) is 0 Å². The number of carbonyl (C=O) groups excluding carboxylic acids is 2. The number of unbranched alkanes of at least 4 members (excludes halogenated alkanes) is 4. The number of carbonyl (C=O) groups is 2. The van der Waals surface area contributed by atoms with Crippen molar-refractivity contribution in [3.63, 3.8) is 0 Å². The Morgan fingerprint density at radius 2 is 1.23 bits per heavy atom. The summed E-state index contributed by atoms with van der Waals surface area (Å²) in [5.41, 5.74) is 0. The summed E-state index contributed by atoms with van der Waals surface area (Å²) in [7, 11) is -8.87. The minimum Gasteiger partial charge on any atom is -0.466 e. The van der Waals surface area contributed by atoms with Gasteiger partial charge in [-0.25, -0.2) is 0 Å². The van der Waals surface area contributed by atoms with Crippen molar-refractivity contribution in [2.75, 3.05) is 13.2 Å². The number of esters is 2. The van der Waals surface area contributed by atoms with Crippen molar-refractivity contribution in [3.05, 3.63) is 42.5 Å². The van der Waals surface area contributed by atoms with Crippen LogP contribution >= 0.6 is 0 Å². The van der Waals surface area contributed by atoms with Gasteiger partial charge >= 0.3 is 11.9 Å². The number of hydrogen-bond donors (Lipinski definition) is 2. The molecule has 0 heterocycles. The molecule has 0 aliphatic carbocycles. The Labute approximate surface area is 279 Å². The predicted octanol–water partition coefficient (Wildman–Crippen LogP) is 5.86. The molecule has 0 fully saturated rings. The Morgan fingerprint density at radius 1 is 0.721 bits per heavy atom. The van der Waals surface area contributed by atoms with Crippen LogP contribution in [0.3, 0.4) is 0 Å². The molecule has 0 bridgehead atoms. The molecule has 0 spiro atoms. The van der Waals surface area contributed by atoms with Crippen LogP contribution in [-0.2, 0) is 39.3 Å². The van der Waals surface area contributed by atoms with Gasteiger partial charge in [-0.05, 0) is 36.1 Å². The van der Waals surface area contributed by atoms with Gasteiger partial charge in [-0.3, -0.25) is 18.7 Å². The van der Waals surface area contributed by atoms with Crippen LogP contribution in [0.5, 0.6) is 0 Å². The third-order valence-corrected chi connectivity index (χ3v) is 8.35. The van der Waals surface area contributed by atoms with Crippen LogP contribution in [0.4, 0.5) is 0 Å². The molecule has 0 aliphatic heterocycles. The van der Waals surface area contributed by atoms with E-state index in [1.165, 1.54) is 6.07 Å². The molecule has 0 aromatic heterocycles. The SMILES string of the molecule is CC(C)CCCCCOC(=O)CC(C(=O)OCCCCCC(C)C)S(=O)(=O)O.O=S(=O)(O)c1cccc2ccccc12.[Na]. The topological polar surface area (TPSA) is 161 Å². The Balaban J connectivity index is 0.000000973. The van der Waals surface area contributed by atoms with Crippen molar-refractivity contribution in [1.29, 1.82) is 0 Å². The van der Waals surface area contributed by atoms with E-state index in [-0.39, 0.29) is 47.7 Å². The Kier molecular flexibility index (Phi) is 20.5. The van der Waals surface area contributed by atoms with Crippen molar-refractivity contribution in [2.24, 2.45) is 11.8 Å². The molecular formula is C30H46NaO10S2. The third kappa shape index (κ3) is 18.1. The quantitative estimate of drug-likeness (QED) is 0.0916. The molecule has 13 heteroatoms. The average Bonchev–Trinajstić information content (AvgIpc) is 2.89. The number of ether oxygens (including phenoxy) is 2. The van der Waals surface area contributed by atoms with Crippen LogP contribution in [0.1, 0.15) is 85.5 Å². The normalized spacial score (nSPS) is 12.3. The molecule has 0 aliphatic rings. The fourth-order valence-electron chi connectivity index (χ4n) is 4.06. The van der Waals surface area contributed by atoms with E-state index in [9.17, 15) is 31.0 Å². The van der Waals surface area contributed by atoms with Crippen molar-refractivity contribution >= 4 is 72.5 Å². The van der Waals surface area contributed by atoms with Crippen molar-refractivity contribution in [2.45, 2.75) is 95.6 Å². The molecule has 239 valence electrons. The minimum atomic E-state index is -4.74. The molecule has 10 nitrogen and oxygen atoms in total. The molecule has 2 N–H and O–H groups in total. The molecule has 0 saturated heterocycles. The Morgan fingerprint density at radius 3 is 1.74 bits per heavy atom. The van der Waals surface area contributed by atoms with Gasteiger partial charge in [0.15, 0.2) is 5.25 Å².